The molecule has 0 aliphatic heterocycles. The second-order valence-electron chi connectivity index (χ2n) is 14.0. The summed E-state index contributed by atoms with van der Waals surface area (Å²) in [6.45, 7) is 1.33. The summed E-state index contributed by atoms with van der Waals surface area (Å²) >= 11 is 0.973. The number of carbonyl (C=O) groups is 1. The summed E-state index contributed by atoms with van der Waals surface area (Å²) in [5, 5.41) is 46.7. The maximum atomic E-state index is 13.2. The second-order valence-corrected chi connectivity index (χ2v) is 20.7. The fourth-order valence-electron chi connectivity index (χ4n) is 6.24. The number of fused-ring (bicyclic) bond motifs is 2. The van der Waals surface area contributed by atoms with Crippen LogP contribution in [-0.4, -0.2) is 95.2 Å². The average Bonchev–Trinajstić information content (AvgIpc) is 3.84. The van der Waals surface area contributed by atoms with Crippen molar-refractivity contribution in [2.45, 2.75) is 28.0 Å². The number of hydrogen-bond acceptors (Lipinski definition) is 20. The topological polar surface area (TPSA) is 409 Å². The Morgan fingerprint density at radius 3 is 2.09 bits per heavy atom. The van der Waals surface area contributed by atoms with Crippen LogP contribution < -0.4 is 10.3 Å². The van der Waals surface area contributed by atoms with E-state index in [0.29, 0.717) is 21.0 Å². The third-order valence-corrected chi connectivity index (χ3v) is 13.7. The molecule has 2 aromatic heterocycles. The number of azo groups is 3. The van der Waals surface area contributed by atoms with Gasteiger partial charge < -0.3 is 14.9 Å². The van der Waals surface area contributed by atoms with E-state index in [0.717, 1.165) is 47.9 Å². The predicted molar refractivity (Wildman–Crippen MR) is 238 cm³/mol. The molecule has 0 saturated heterocycles. The summed E-state index contributed by atoms with van der Waals surface area (Å²) in [5.74, 6) is -2.93. The van der Waals surface area contributed by atoms with Gasteiger partial charge in [0.25, 0.3) is 46.0 Å². The minimum absolute atomic E-state index is 0.00255. The van der Waals surface area contributed by atoms with Crippen molar-refractivity contribution in [2.75, 3.05) is 12.4 Å². The van der Waals surface area contributed by atoms with Crippen LogP contribution in [0.3, 0.4) is 0 Å². The molecule has 7 N–H and O–H groups in total. The normalized spacial score (nSPS) is 12.9. The molecule has 0 amide bonds. The zero-order chi connectivity index (χ0) is 49.5. The largest absolute Gasteiger partial charge is 0.505 e. The first-order valence-electron chi connectivity index (χ1n) is 18.6. The quantitative estimate of drug-likeness (QED) is 0.0284. The van der Waals surface area contributed by atoms with E-state index >= 15 is 0 Å². The number of ether oxygens (including phenoxy) is 1. The number of phenols is 1. The Balaban J connectivity index is 1.21. The van der Waals surface area contributed by atoms with Gasteiger partial charge in [0.15, 0.2) is 11.4 Å². The van der Waals surface area contributed by atoms with Gasteiger partial charge >= 0.3 is 5.97 Å². The van der Waals surface area contributed by atoms with Crippen molar-refractivity contribution >= 4 is 112 Å². The lowest BCUT2D eigenvalue weighted by molar-refractivity contribution is 0.0696. The van der Waals surface area contributed by atoms with E-state index in [2.05, 4.69) is 40.8 Å². The van der Waals surface area contributed by atoms with E-state index in [4.69, 9.17) is 4.74 Å². The Morgan fingerprint density at radius 1 is 0.750 bits per heavy atom. The highest BCUT2D eigenvalue weighted by atomic mass is 32.2. The molecule has 0 radical (unpaired) electrons. The number of phenolic OH excluding ortho intramolecular Hbond substituents is 1. The summed E-state index contributed by atoms with van der Waals surface area (Å²) in [6.07, 6.45) is 0.785. The van der Waals surface area contributed by atoms with Gasteiger partial charge in [-0.15, -0.1) is 30.7 Å². The minimum Gasteiger partial charge on any atom is -0.505 e. The number of aromatic amines is 1. The molecule has 68 heavy (non-hydrogen) atoms. The number of aryl methyl sites for hydroxylation is 1. The van der Waals surface area contributed by atoms with Crippen molar-refractivity contribution in [3.63, 3.8) is 0 Å². The summed E-state index contributed by atoms with van der Waals surface area (Å²) < 4.78 is 141. The number of benzene rings is 5. The molecule has 0 spiro atoms. The zero-order valence-corrected chi connectivity index (χ0v) is 38.0. The molecule has 0 unspecified atom stereocenters. The number of para-hydroxylation sites is 1. The Hall–Kier alpha value is -7.23. The van der Waals surface area contributed by atoms with Crippen molar-refractivity contribution in [3.8, 4) is 17.2 Å². The van der Waals surface area contributed by atoms with Crippen molar-refractivity contribution in [1.29, 1.82) is 0 Å². The maximum absolute atomic E-state index is 13.2. The number of thiazole rings is 1. The maximum Gasteiger partial charge on any atom is 0.335 e. The number of hydrogen-bond donors (Lipinski definition) is 7. The lowest BCUT2D eigenvalue weighted by atomic mass is 10.1. The molecular formula is C37H29N9O17S5. The molecule has 354 valence electrons. The van der Waals surface area contributed by atoms with Crippen molar-refractivity contribution in [2.24, 2.45) is 30.7 Å². The molecule has 0 aliphatic rings. The average molecular weight is 1030 g/mol. The number of carboxylic acids is 1. The van der Waals surface area contributed by atoms with Crippen molar-refractivity contribution < 1.29 is 71.6 Å². The summed E-state index contributed by atoms with van der Waals surface area (Å²) in [7, 11) is -19.0. The van der Waals surface area contributed by atoms with Gasteiger partial charge in [-0.3, -0.25) is 28.1 Å². The molecule has 7 rings (SSSR count). The number of nitrogens with zero attached hydrogens (tertiary/aromatic N) is 8. The van der Waals surface area contributed by atoms with Crippen molar-refractivity contribution in [3.05, 3.63) is 100 Å². The first kappa shape index (κ1) is 48.7. The van der Waals surface area contributed by atoms with Gasteiger partial charge in [0.1, 0.15) is 38.1 Å². The minimum atomic E-state index is -5.17. The monoisotopic (exact) mass is 1030 g/mol. The van der Waals surface area contributed by atoms with E-state index in [1.54, 1.807) is 13.0 Å². The first-order valence-corrected chi connectivity index (χ1v) is 25.3. The molecule has 5 aromatic carbocycles. The van der Waals surface area contributed by atoms with E-state index < -0.39 is 95.1 Å². The van der Waals surface area contributed by atoms with Gasteiger partial charge in [-0.2, -0.15) is 33.7 Å². The predicted octanol–water partition coefficient (Wildman–Crippen LogP) is 7.28. The van der Waals surface area contributed by atoms with Crippen LogP contribution in [0.4, 0.5) is 33.6 Å². The standard InChI is InChI=1S/C37H29N9O17S5/c1-18-12-27(29(63-10-3-11-65(51,52)53)16-26(18)42-45-37-39-32-30(64-37)4-2-5-31(32)67(57,58)59)43-40-24-8-7-23-22(33(24)47)6-9-25(34(23)68(60,61)62)41-44-28-17-38-46(35(28)48)20-13-19(36(49)50)14-21(15-20)66(54,55)56/h2,4-9,12-17,38,47H,3,10-11H2,1H3,(H,49,50)(H,51,52,53)(H,54,55,56)(H,57,58,59)(H,60,61,62). The third-order valence-electron chi connectivity index (χ3n) is 9.29. The summed E-state index contributed by atoms with van der Waals surface area (Å²) in [5.41, 5.74) is -2.75. The first-order chi connectivity index (χ1) is 31.8. The lowest BCUT2D eigenvalue weighted by Crippen LogP contribution is -2.16. The van der Waals surface area contributed by atoms with Crippen LogP contribution in [0.15, 0.2) is 129 Å². The Bertz CT molecular complexity index is 3850. The van der Waals surface area contributed by atoms with E-state index in [1.807, 2.05) is 0 Å². The highest BCUT2D eigenvalue weighted by Crippen LogP contribution is 2.43. The molecule has 26 nitrogen and oxygen atoms in total. The number of rotatable bonds is 16. The molecule has 2 heterocycles. The molecule has 0 atom stereocenters. The highest BCUT2D eigenvalue weighted by molar-refractivity contribution is 7.86. The summed E-state index contributed by atoms with van der Waals surface area (Å²) in [4.78, 5) is 26.8. The lowest BCUT2D eigenvalue weighted by Gasteiger charge is -2.11. The Morgan fingerprint density at radius 2 is 1.41 bits per heavy atom. The fraction of sp³-hybridized carbons (Fsp3) is 0.108. The number of nitrogens with one attached hydrogen (secondary N) is 1. The highest BCUT2D eigenvalue weighted by Gasteiger charge is 2.24. The molecule has 31 heteroatoms. The fourth-order valence-corrected chi connectivity index (χ4v) is 9.63. The van der Waals surface area contributed by atoms with Gasteiger partial charge in [-0.1, -0.05) is 23.5 Å². The van der Waals surface area contributed by atoms with Gasteiger partial charge in [0.05, 0.1) is 45.1 Å². The number of aromatic nitrogens is 3. The molecule has 0 aliphatic carbocycles. The van der Waals surface area contributed by atoms with Crippen LogP contribution in [0.1, 0.15) is 22.3 Å². The van der Waals surface area contributed by atoms with Gasteiger partial charge in [-0.25, -0.2) is 14.5 Å². The number of aromatic hydroxyl groups is 1. The van der Waals surface area contributed by atoms with Crippen LogP contribution in [0, 0.1) is 6.92 Å². The zero-order valence-electron chi connectivity index (χ0n) is 33.9. The van der Waals surface area contributed by atoms with Gasteiger partial charge in [0, 0.05) is 16.8 Å². The van der Waals surface area contributed by atoms with Gasteiger partial charge in [0.2, 0.25) is 5.13 Å². The summed E-state index contributed by atoms with van der Waals surface area (Å²) in [6, 6.07) is 13.7. The van der Waals surface area contributed by atoms with Crippen LogP contribution in [0.25, 0.3) is 26.7 Å². The Labute approximate surface area is 385 Å². The van der Waals surface area contributed by atoms with E-state index in [1.165, 1.54) is 30.3 Å². The number of carboxylic acid groups (broad SMARTS) is 1. The Kier molecular flexibility index (Phi) is 13.2. The SMILES string of the molecule is Cc1cc(N=Nc2ccc3c(S(=O)(=O)O)c(N=Nc4c[nH]n(-c5cc(C(=O)O)cc(S(=O)(=O)O)c5)c4=O)ccc3c2O)c(OCCCS(=O)(=O)O)cc1N=Nc1nc2c(S(=O)(=O)O)cccc2s1. The molecule has 0 fully saturated rings. The van der Waals surface area contributed by atoms with E-state index in [9.17, 15) is 71.7 Å². The molecule has 0 bridgehead atoms. The van der Waals surface area contributed by atoms with Crippen LogP contribution >= 0.6 is 11.3 Å². The number of aromatic carboxylic acids is 1. The second kappa shape index (κ2) is 18.5. The van der Waals surface area contributed by atoms with Crippen LogP contribution in [-0.2, 0) is 40.5 Å². The van der Waals surface area contributed by atoms with Crippen LogP contribution in [0.2, 0.25) is 0 Å². The van der Waals surface area contributed by atoms with E-state index in [-0.39, 0.29) is 62.9 Å². The van der Waals surface area contributed by atoms with Crippen LogP contribution in [0.5, 0.6) is 11.5 Å². The van der Waals surface area contributed by atoms with Crippen molar-refractivity contribution in [1.82, 2.24) is 14.8 Å². The molecule has 0 saturated carbocycles. The number of H-pyrrole nitrogens is 1. The van der Waals surface area contributed by atoms with Gasteiger partial charge in [-0.05, 0) is 73.5 Å². The molecule has 7 aromatic rings. The third kappa shape index (κ3) is 10.8. The molecular weight excluding hydrogens is 1000 g/mol. The smallest absolute Gasteiger partial charge is 0.335 e.